The number of rotatable bonds is 8. The zero-order valence-corrected chi connectivity index (χ0v) is 18.9. The van der Waals surface area contributed by atoms with Crippen LogP contribution in [-0.4, -0.2) is 25.2 Å². The molecule has 0 bridgehead atoms. The van der Waals surface area contributed by atoms with Crippen LogP contribution in [0, 0.1) is 13.8 Å². The molecular weight excluding hydrogens is 418 g/mol. The Balaban J connectivity index is 2.48. The quantitative estimate of drug-likeness (QED) is 0.271. The van der Waals surface area contributed by atoms with Crippen LogP contribution in [0.15, 0.2) is 41.4 Å². The predicted molar refractivity (Wildman–Crippen MR) is 119 cm³/mol. The molecule has 0 aliphatic heterocycles. The summed E-state index contributed by atoms with van der Waals surface area (Å²) in [5.74, 6) is 0.445. The van der Waals surface area contributed by atoms with Gasteiger partial charge in [0.2, 0.25) is 0 Å². The lowest BCUT2D eigenvalue weighted by Gasteiger charge is -2.20. The van der Waals surface area contributed by atoms with E-state index in [1.807, 2.05) is 44.2 Å². The average Bonchev–Trinajstić information content (AvgIpc) is 2.63. The van der Waals surface area contributed by atoms with E-state index in [4.69, 9.17) is 32.2 Å². The number of nitrogens with one attached hydrogen (secondary N) is 1. The van der Waals surface area contributed by atoms with Crippen molar-refractivity contribution in [2.75, 3.05) is 24.7 Å². The van der Waals surface area contributed by atoms with Crippen molar-refractivity contribution in [2.45, 2.75) is 27.7 Å². The van der Waals surface area contributed by atoms with Crippen LogP contribution in [0.3, 0.4) is 0 Å². The molecule has 0 spiro atoms. The number of aliphatic imine (C=N–C) groups is 1. The molecular formula is C20H25Cl2N2O3P. The molecule has 0 saturated carbocycles. The number of benzene rings is 2. The van der Waals surface area contributed by atoms with Gasteiger partial charge in [-0.1, -0.05) is 35.3 Å². The second-order valence-electron chi connectivity index (χ2n) is 6.08. The van der Waals surface area contributed by atoms with E-state index in [9.17, 15) is 4.57 Å². The number of hydrogen-bond acceptors (Lipinski definition) is 4. The first-order chi connectivity index (χ1) is 13.3. The molecule has 5 nitrogen and oxygen atoms in total. The van der Waals surface area contributed by atoms with Crippen LogP contribution < -0.4 is 5.32 Å². The molecule has 0 unspecified atom stereocenters. The van der Waals surface area contributed by atoms with Crippen LogP contribution in [0.2, 0.25) is 10.0 Å². The molecule has 0 atom stereocenters. The van der Waals surface area contributed by atoms with Crippen LogP contribution >= 0.6 is 30.8 Å². The monoisotopic (exact) mass is 442 g/mol. The van der Waals surface area contributed by atoms with Crippen LogP contribution in [0.4, 0.5) is 11.4 Å². The molecule has 8 heteroatoms. The fourth-order valence-corrected chi connectivity index (χ4v) is 4.47. The van der Waals surface area contributed by atoms with E-state index in [1.165, 1.54) is 0 Å². The first kappa shape index (κ1) is 22.9. The molecule has 2 aromatic carbocycles. The summed E-state index contributed by atoms with van der Waals surface area (Å²) in [5, 5.41) is 4.48. The van der Waals surface area contributed by atoms with Crippen LogP contribution in [0.25, 0.3) is 0 Å². The lowest BCUT2D eigenvalue weighted by molar-refractivity contribution is 0.223. The molecule has 0 aromatic heterocycles. The fraction of sp³-hybridized carbons (Fsp3) is 0.350. The van der Waals surface area contributed by atoms with E-state index < -0.39 is 7.60 Å². The van der Waals surface area contributed by atoms with Crippen molar-refractivity contribution in [1.29, 1.82) is 0 Å². The highest BCUT2D eigenvalue weighted by molar-refractivity contribution is 7.55. The zero-order chi connectivity index (χ0) is 20.7. The number of hydrogen-bond donors (Lipinski definition) is 1. The maximum absolute atomic E-state index is 13.1. The van der Waals surface area contributed by atoms with Crippen molar-refractivity contribution < 1.29 is 13.6 Å². The van der Waals surface area contributed by atoms with Gasteiger partial charge in [0.15, 0.2) is 0 Å². The first-order valence-electron chi connectivity index (χ1n) is 9.02. The second-order valence-corrected chi connectivity index (χ2v) is 8.95. The Bertz CT molecular complexity index is 893. The third kappa shape index (κ3) is 6.07. The summed E-state index contributed by atoms with van der Waals surface area (Å²) in [6.45, 7) is 7.88. The molecule has 0 amide bonds. The number of halogens is 2. The minimum absolute atomic E-state index is 0.00735. The maximum Gasteiger partial charge on any atom is 0.338 e. The van der Waals surface area contributed by atoms with E-state index in [1.54, 1.807) is 19.9 Å². The molecule has 2 rings (SSSR count). The number of anilines is 1. The fourth-order valence-electron chi connectivity index (χ4n) is 2.57. The van der Waals surface area contributed by atoms with Gasteiger partial charge in [-0.05, 0) is 63.1 Å². The van der Waals surface area contributed by atoms with Crippen molar-refractivity contribution in [3.05, 3.63) is 57.6 Å². The summed E-state index contributed by atoms with van der Waals surface area (Å²) in [7, 11) is -3.36. The molecule has 152 valence electrons. The smallest absolute Gasteiger partial charge is 0.338 e. The van der Waals surface area contributed by atoms with Gasteiger partial charge in [0.05, 0.1) is 18.9 Å². The molecule has 28 heavy (non-hydrogen) atoms. The SMILES string of the molecule is CCOP(=O)(CC(=Nc1cccc(Cl)c1C)Nc1cccc(Cl)c1C)OCC. The minimum Gasteiger partial charge on any atom is -0.343 e. The molecule has 0 saturated heterocycles. The van der Waals surface area contributed by atoms with Gasteiger partial charge in [0.25, 0.3) is 0 Å². The molecule has 0 fully saturated rings. The van der Waals surface area contributed by atoms with E-state index in [2.05, 4.69) is 10.3 Å². The maximum atomic E-state index is 13.1. The van der Waals surface area contributed by atoms with E-state index in [0.717, 1.165) is 16.8 Å². The van der Waals surface area contributed by atoms with Crippen molar-refractivity contribution in [3.63, 3.8) is 0 Å². The minimum atomic E-state index is -3.36. The number of amidine groups is 1. The zero-order valence-electron chi connectivity index (χ0n) is 16.5. The highest BCUT2D eigenvalue weighted by atomic mass is 35.5. The van der Waals surface area contributed by atoms with Crippen molar-refractivity contribution >= 4 is 48.0 Å². The Morgan fingerprint density at radius 2 is 1.57 bits per heavy atom. The van der Waals surface area contributed by atoms with Crippen molar-refractivity contribution in [1.82, 2.24) is 0 Å². The summed E-state index contributed by atoms with van der Waals surface area (Å²) in [6.07, 6.45) is -0.00735. The van der Waals surface area contributed by atoms with Gasteiger partial charge in [-0.2, -0.15) is 0 Å². The Labute approximate surface area is 176 Å². The lowest BCUT2D eigenvalue weighted by Crippen LogP contribution is -2.19. The third-order valence-electron chi connectivity index (χ3n) is 4.04. The van der Waals surface area contributed by atoms with Gasteiger partial charge in [-0.3, -0.25) is 4.57 Å². The first-order valence-corrected chi connectivity index (χ1v) is 11.5. The summed E-state index contributed by atoms with van der Waals surface area (Å²) < 4.78 is 24.0. The van der Waals surface area contributed by atoms with Gasteiger partial charge in [-0.25, -0.2) is 4.99 Å². The lowest BCUT2D eigenvalue weighted by atomic mass is 10.2. The number of nitrogens with zero attached hydrogens (tertiary/aromatic N) is 1. The normalized spacial score (nSPS) is 12.3. The Kier molecular flexibility index (Phi) is 8.54. The highest BCUT2D eigenvalue weighted by Gasteiger charge is 2.27. The summed E-state index contributed by atoms with van der Waals surface area (Å²) in [5.41, 5.74) is 3.14. The highest BCUT2D eigenvalue weighted by Crippen LogP contribution is 2.48. The van der Waals surface area contributed by atoms with Gasteiger partial charge in [0.1, 0.15) is 12.0 Å². The largest absolute Gasteiger partial charge is 0.343 e. The van der Waals surface area contributed by atoms with Crippen molar-refractivity contribution in [3.8, 4) is 0 Å². The molecule has 0 aliphatic carbocycles. The van der Waals surface area contributed by atoms with Gasteiger partial charge in [0, 0.05) is 15.7 Å². The van der Waals surface area contributed by atoms with Crippen LogP contribution in [0.1, 0.15) is 25.0 Å². The summed E-state index contributed by atoms with van der Waals surface area (Å²) >= 11 is 12.5. The van der Waals surface area contributed by atoms with Gasteiger partial charge in [-0.15, -0.1) is 0 Å². The van der Waals surface area contributed by atoms with Crippen molar-refractivity contribution in [2.24, 2.45) is 4.99 Å². The molecule has 0 heterocycles. The Morgan fingerprint density at radius 3 is 2.18 bits per heavy atom. The third-order valence-corrected chi connectivity index (χ3v) is 6.85. The summed E-state index contributed by atoms with van der Waals surface area (Å²) in [6, 6.07) is 11.0. The van der Waals surface area contributed by atoms with Gasteiger partial charge < -0.3 is 14.4 Å². The van der Waals surface area contributed by atoms with E-state index >= 15 is 0 Å². The Morgan fingerprint density at radius 1 is 1.00 bits per heavy atom. The Hall–Kier alpha value is -1.36. The predicted octanol–water partition coefficient (Wildman–Crippen LogP) is 7.02. The molecule has 0 radical (unpaired) electrons. The summed E-state index contributed by atoms with van der Waals surface area (Å²) in [4.78, 5) is 4.68. The molecule has 2 aromatic rings. The van der Waals surface area contributed by atoms with Crippen LogP contribution in [-0.2, 0) is 13.6 Å². The second kappa shape index (κ2) is 10.4. The standard InChI is InChI=1S/C20H25Cl2N2O3P/c1-5-26-28(25,27-6-2)13-20(23-18-11-7-9-16(21)14(18)3)24-19-12-8-10-17(22)15(19)4/h7-12H,5-6,13H2,1-4H3,(H,23,24). The van der Waals surface area contributed by atoms with Gasteiger partial charge >= 0.3 is 7.60 Å². The van der Waals surface area contributed by atoms with E-state index in [0.29, 0.717) is 21.6 Å². The van der Waals surface area contributed by atoms with E-state index in [-0.39, 0.29) is 19.4 Å². The molecule has 1 N–H and O–H groups in total. The van der Waals surface area contributed by atoms with Crippen LogP contribution in [0.5, 0.6) is 0 Å². The topological polar surface area (TPSA) is 59.9 Å². The average molecular weight is 443 g/mol. The molecule has 0 aliphatic rings.